The van der Waals surface area contributed by atoms with E-state index in [1.807, 2.05) is 72.1 Å². The van der Waals surface area contributed by atoms with Crippen molar-refractivity contribution in [3.05, 3.63) is 64.7 Å². The molecule has 1 unspecified atom stereocenters. The van der Waals surface area contributed by atoms with Crippen LogP contribution >= 0.6 is 0 Å². The van der Waals surface area contributed by atoms with Gasteiger partial charge in [-0.3, -0.25) is 9.59 Å². The Morgan fingerprint density at radius 2 is 1.61 bits per heavy atom. The van der Waals surface area contributed by atoms with Gasteiger partial charge in [0.2, 0.25) is 0 Å². The van der Waals surface area contributed by atoms with Gasteiger partial charge in [0, 0.05) is 12.7 Å². The molecule has 0 fully saturated rings. The molecule has 0 saturated carbocycles. The first-order valence-corrected chi connectivity index (χ1v) is 9.68. The van der Waals surface area contributed by atoms with Gasteiger partial charge in [-0.15, -0.1) is 0 Å². The van der Waals surface area contributed by atoms with Gasteiger partial charge in [0.15, 0.2) is 13.1 Å². The van der Waals surface area contributed by atoms with E-state index in [-0.39, 0.29) is 30.9 Å². The predicted molar refractivity (Wildman–Crippen MR) is 114 cm³/mol. The number of hydrogen-bond acceptors (Lipinski definition) is 2. The monoisotopic (exact) mass is 382 g/mol. The minimum absolute atomic E-state index is 0.00631. The minimum Gasteiger partial charge on any atom is -0.334 e. The van der Waals surface area contributed by atoms with E-state index < -0.39 is 0 Å². The minimum atomic E-state index is -0.0842. The average molecular weight is 383 g/mol. The van der Waals surface area contributed by atoms with E-state index in [2.05, 4.69) is 17.4 Å². The van der Waals surface area contributed by atoms with Crippen LogP contribution in [0.15, 0.2) is 42.5 Å². The molecule has 5 nitrogen and oxygen atoms in total. The van der Waals surface area contributed by atoms with Crippen molar-refractivity contribution in [1.29, 1.82) is 0 Å². The SMILES string of the molecule is Cc1cc(C)c(NC(=O)C[NH+](C)CC(=O)N(C)[C@@H](C)c2ccccc2)c(C)c1. The summed E-state index contributed by atoms with van der Waals surface area (Å²) >= 11 is 0. The summed E-state index contributed by atoms with van der Waals surface area (Å²) in [5.41, 5.74) is 5.24. The fourth-order valence-corrected chi connectivity index (χ4v) is 3.45. The molecule has 2 atom stereocenters. The van der Waals surface area contributed by atoms with E-state index in [0.29, 0.717) is 0 Å². The van der Waals surface area contributed by atoms with E-state index in [4.69, 9.17) is 0 Å². The fourth-order valence-electron chi connectivity index (χ4n) is 3.45. The van der Waals surface area contributed by atoms with Gasteiger partial charge < -0.3 is 15.1 Å². The summed E-state index contributed by atoms with van der Waals surface area (Å²) in [5, 5.41) is 3.00. The molecule has 0 bridgehead atoms. The molecular formula is C23H32N3O2+. The Morgan fingerprint density at radius 3 is 2.18 bits per heavy atom. The second kappa shape index (κ2) is 9.51. The van der Waals surface area contributed by atoms with Gasteiger partial charge in [-0.25, -0.2) is 0 Å². The number of nitrogens with zero attached hydrogens (tertiary/aromatic N) is 1. The molecule has 0 radical (unpaired) electrons. The molecule has 2 amide bonds. The predicted octanol–water partition coefficient (Wildman–Crippen LogP) is 2.28. The number of benzene rings is 2. The molecule has 2 aromatic carbocycles. The lowest BCUT2D eigenvalue weighted by molar-refractivity contribution is -0.862. The van der Waals surface area contributed by atoms with Crippen molar-refractivity contribution in [3.8, 4) is 0 Å². The summed E-state index contributed by atoms with van der Waals surface area (Å²) in [6.45, 7) is 8.56. The van der Waals surface area contributed by atoms with Crippen LogP contribution in [-0.2, 0) is 9.59 Å². The van der Waals surface area contributed by atoms with Gasteiger partial charge >= 0.3 is 0 Å². The van der Waals surface area contributed by atoms with Gasteiger partial charge in [0.05, 0.1) is 13.1 Å². The Morgan fingerprint density at radius 1 is 1.04 bits per heavy atom. The summed E-state index contributed by atoms with van der Waals surface area (Å²) in [6, 6.07) is 14.1. The van der Waals surface area contributed by atoms with Gasteiger partial charge in [-0.1, -0.05) is 48.0 Å². The summed E-state index contributed by atoms with van der Waals surface area (Å²) in [7, 11) is 3.68. The van der Waals surface area contributed by atoms with Crippen molar-refractivity contribution < 1.29 is 14.5 Å². The third-order valence-electron chi connectivity index (χ3n) is 5.11. The zero-order chi connectivity index (χ0) is 20.8. The van der Waals surface area contributed by atoms with Crippen LogP contribution in [0.2, 0.25) is 0 Å². The topological polar surface area (TPSA) is 53.9 Å². The molecule has 28 heavy (non-hydrogen) atoms. The second-order valence-electron chi connectivity index (χ2n) is 7.72. The highest BCUT2D eigenvalue weighted by atomic mass is 16.2. The fraction of sp³-hybridized carbons (Fsp3) is 0.391. The molecule has 0 spiro atoms. The van der Waals surface area contributed by atoms with Crippen LogP contribution in [0.3, 0.4) is 0 Å². The van der Waals surface area contributed by atoms with Crippen molar-refractivity contribution in [2.75, 3.05) is 32.5 Å². The standard InChI is InChI=1S/C23H31N3O2/c1-16-12-17(2)23(18(3)13-16)24-21(27)14-25(5)15-22(28)26(6)19(4)20-10-8-7-9-11-20/h7-13,19H,14-15H2,1-6H3,(H,24,27)/p+1/t19-/m0/s1. The molecule has 5 heteroatoms. The smallest absolute Gasteiger partial charge is 0.279 e. The van der Waals surface area contributed by atoms with E-state index in [1.165, 1.54) is 5.56 Å². The summed E-state index contributed by atoms with van der Waals surface area (Å²) in [6.07, 6.45) is 0. The largest absolute Gasteiger partial charge is 0.334 e. The molecule has 0 aliphatic heterocycles. The van der Waals surface area contributed by atoms with Crippen LogP contribution in [0.25, 0.3) is 0 Å². The molecule has 0 heterocycles. The van der Waals surface area contributed by atoms with Gasteiger partial charge in [0.1, 0.15) is 0 Å². The maximum absolute atomic E-state index is 12.6. The number of carbonyl (C=O) groups is 2. The maximum atomic E-state index is 12.6. The highest BCUT2D eigenvalue weighted by Crippen LogP contribution is 2.21. The van der Waals surface area contributed by atoms with Gasteiger partial charge in [-0.2, -0.15) is 0 Å². The summed E-state index contributed by atoms with van der Waals surface area (Å²) < 4.78 is 0. The first kappa shape index (κ1) is 21.6. The first-order chi connectivity index (χ1) is 13.2. The van der Waals surface area contributed by atoms with Crippen molar-refractivity contribution >= 4 is 17.5 Å². The number of carbonyl (C=O) groups excluding carboxylic acids is 2. The van der Waals surface area contributed by atoms with Crippen LogP contribution < -0.4 is 10.2 Å². The number of nitrogens with one attached hydrogen (secondary N) is 2. The molecule has 0 aromatic heterocycles. The van der Waals surface area contributed by atoms with Crippen molar-refractivity contribution in [1.82, 2.24) is 4.90 Å². The van der Waals surface area contributed by atoms with Crippen molar-refractivity contribution in [2.24, 2.45) is 0 Å². The van der Waals surface area contributed by atoms with Gasteiger partial charge in [0.25, 0.3) is 11.8 Å². The lowest BCUT2D eigenvalue weighted by Crippen LogP contribution is -3.11. The summed E-state index contributed by atoms with van der Waals surface area (Å²) in [4.78, 5) is 27.7. The number of quaternary nitrogens is 1. The van der Waals surface area contributed by atoms with Crippen LogP contribution in [0.1, 0.15) is 35.2 Å². The number of anilines is 1. The van der Waals surface area contributed by atoms with Crippen LogP contribution in [0.4, 0.5) is 5.69 Å². The Kier molecular flexibility index (Phi) is 7.35. The van der Waals surface area contributed by atoms with Gasteiger partial charge in [-0.05, 0) is 44.4 Å². The normalized spacial score (nSPS) is 12.9. The van der Waals surface area contributed by atoms with Crippen LogP contribution in [0, 0.1) is 20.8 Å². The van der Waals surface area contributed by atoms with Crippen molar-refractivity contribution in [2.45, 2.75) is 33.7 Å². The Hall–Kier alpha value is -2.66. The van der Waals surface area contributed by atoms with E-state index in [0.717, 1.165) is 27.3 Å². The second-order valence-corrected chi connectivity index (χ2v) is 7.72. The number of likely N-dealkylation sites (N-methyl/N-ethyl adjacent to an activating group) is 2. The maximum Gasteiger partial charge on any atom is 0.279 e. The molecule has 2 aromatic rings. The third kappa shape index (κ3) is 5.67. The molecule has 0 aliphatic rings. The molecule has 2 rings (SSSR count). The Labute approximate surface area is 168 Å². The lowest BCUT2D eigenvalue weighted by atomic mass is 10.1. The average Bonchev–Trinajstić information content (AvgIpc) is 2.63. The van der Waals surface area contributed by atoms with Crippen molar-refractivity contribution in [3.63, 3.8) is 0 Å². The quantitative estimate of drug-likeness (QED) is 0.772. The molecule has 150 valence electrons. The summed E-state index contributed by atoms with van der Waals surface area (Å²) in [5.74, 6) is -0.0662. The molecule has 0 saturated heterocycles. The molecule has 2 N–H and O–H groups in total. The molecule has 0 aliphatic carbocycles. The number of rotatable bonds is 7. The number of aryl methyl sites for hydroxylation is 3. The number of amides is 2. The first-order valence-electron chi connectivity index (χ1n) is 9.68. The van der Waals surface area contributed by atoms with Crippen LogP contribution in [-0.4, -0.2) is 43.9 Å². The zero-order valence-corrected chi connectivity index (χ0v) is 17.8. The Balaban J connectivity index is 1.91. The molecular weight excluding hydrogens is 350 g/mol. The third-order valence-corrected chi connectivity index (χ3v) is 5.11. The lowest BCUT2D eigenvalue weighted by Gasteiger charge is -2.26. The van der Waals surface area contributed by atoms with Crippen LogP contribution in [0.5, 0.6) is 0 Å². The van der Waals surface area contributed by atoms with E-state index in [1.54, 1.807) is 4.90 Å². The Bertz CT molecular complexity index is 810. The zero-order valence-electron chi connectivity index (χ0n) is 17.8. The van der Waals surface area contributed by atoms with E-state index in [9.17, 15) is 9.59 Å². The highest BCUT2D eigenvalue weighted by molar-refractivity contribution is 5.93. The highest BCUT2D eigenvalue weighted by Gasteiger charge is 2.22. The van der Waals surface area contributed by atoms with E-state index >= 15 is 0 Å². The number of hydrogen-bond donors (Lipinski definition) is 2.